The fourth-order valence-corrected chi connectivity index (χ4v) is 1.43. The Labute approximate surface area is 93.5 Å². The number of nitrogen functional groups attached to an aromatic ring is 2. The van der Waals surface area contributed by atoms with Crippen LogP contribution in [-0.4, -0.2) is 5.11 Å². The molecular weight excluding hydrogens is 202 g/mol. The Morgan fingerprint density at radius 2 is 1.81 bits per heavy atom. The molecule has 0 fully saturated rings. The average molecular weight is 215 g/mol. The second-order valence-corrected chi connectivity index (χ2v) is 3.52. The zero-order chi connectivity index (χ0) is 11.5. The number of hydrogen-bond donors (Lipinski definition) is 4. The summed E-state index contributed by atoms with van der Waals surface area (Å²) in [5.41, 5.74) is 14.1. The first-order chi connectivity index (χ1) is 7.65. The van der Waals surface area contributed by atoms with Crippen molar-refractivity contribution < 1.29 is 5.11 Å². The van der Waals surface area contributed by atoms with Gasteiger partial charge < -0.3 is 21.9 Å². The zero-order valence-electron chi connectivity index (χ0n) is 8.64. The quantitative estimate of drug-likeness (QED) is 0.579. The number of nitrogens with two attached hydrogens (primary N) is 2. The van der Waals surface area contributed by atoms with Gasteiger partial charge in [0.1, 0.15) is 5.75 Å². The molecule has 0 aromatic heterocycles. The molecule has 6 N–H and O–H groups in total. The molecule has 2 rings (SSSR count). The van der Waals surface area contributed by atoms with Crippen molar-refractivity contribution in [3.05, 3.63) is 42.5 Å². The van der Waals surface area contributed by atoms with Gasteiger partial charge in [-0.2, -0.15) is 0 Å². The lowest BCUT2D eigenvalue weighted by Gasteiger charge is -2.09. The lowest BCUT2D eigenvalue weighted by atomic mass is 10.2. The monoisotopic (exact) mass is 215 g/mol. The minimum absolute atomic E-state index is 0.207. The van der Waals surface area contributed by atoms with Crippen LogP contribution < -0.4 is 16.8 Å². The summed E-state index contributed by atoms with van der Waals surface area (Å²) in [4.78, 5) is 0. The third kappa shape index (κ3) is 2.17. The summed E-state index contributed by atoms with van der Waals surface area (Å²) in [5.74, 6) is 0.207. The van der Waals surface area contributed by atoms with Gasteiger partial charge in [-0.05, 0) is 30.3 Å². The van der Waals surface area contributed by atoms with Gasteiger partial charge in [-0.25, -0.2) is 0 Å². The van der Waals surface area contributed by atoms with Crippen LogP contribution in [0.15, 0.2) is 42.5 Å². The molecule has 2 aromatic rings. The van der Waals surface area contributed by atoms with Crippen molar-refractivity contribution in [1.29, 1.82) is 0 Å². The predicted octanol–water partition coefficient (Wildman–Crippen LogP) is 2.30. The van der Waals surface area contributed by atoms with E-state index in [1.165, 1.54) is 0 Å². The first-order valence-electron chi connectivity index (χ1n) is 4.86. The second kappa shape index (κ2) is 4.02. The van der Waals surface area contributed by atoms with Crippen LogP contribution in [0, 0.1) is 0 Å². The van der Waals surface area contributed by atoms with Crippen molar-refractivity contribution in [1.82, 2.24) is 0 Å². The minimum Gasteiger partial charge on any atom is -0.508 e. The van der Waals surface area contributed by atoms with Crippen molar-refractivity contribution >= 4 is 22.7 Å². The van der Waals surface area contributed by atoms with E-state index in [9.17, 15) is 5.11 Å². The fraction of sp³-hybridized carbons (Fsp3) is 0. The summed E-state index contributed by atoms with van der Waals surface area (Å²) in [6.45, 7) is 0. The average Bonchev–Trinajstić information content (AvgIpc) is 2.22. The number of phenols is 1. The van der Waals surface area contributed by atoms with Crippen LogP contribution in [0.3, 0.4) is 0 Å². The molecule has 4 nitrogen and oxygen atoms in total. The first kappa shape index (κ1) is 10.2. The minimum atomic E-state index is 0.207. The number of phenolic OH excluding ortho intramolecular Hbond substituents is 1. The molecule has 0 bridgehead atoms. The molecule has 0 aliphatic rings. The molecule has 0 atom stereocenters. The van der Waals surface area contributed by atoms with Crippen molar-refractivity contribution in [2.24, 2.45) is 0 Å². The Bertz CT molecular complexity index is 511. The summed E-state index contributed by atoms with van der Waals surface area (Å²) in [7, 11) is 0. The maximum absolute atomic E-state index is 9.31. The van der Waals surface area contributed by atoms with E-state index in [2.05, 4.69) is 5.32 Å². The topological polar surface area (TPSA) is 84.3 Å². The smallest absolute Gasteiger partial charge is 0.117 e. The maximum atomic E-state index is 9.31. The molecule has 0 aliphatic carbocycles. The van der Waals surface area contributed by atoms with Crippen LogP contribution in [0.5, 0.6) is 5.75 Å². The van der Waals surface area contributed by atoms with Crippen molar-refractivity contribution in [2.45, 2.75) is 0 Å². The number of rotatable bonds is 2. The largest absolute Gasteiger partial charge is 0.508 e. The van der Waals surface area contributed by atoms with Gasteiger partial charge in [0.25, 0.3) is 0 Å². The highest BCUT2D eigenvalue weighted by Gasteiger charge is 2.00. The number of benzene rings is 2. The molecule has 0 spiro atoms. The van der Waals surface area contributed by atoms with E-state index in [0.29, 0.717) is 11.4 Å². The Balaban J connectivity index is 2.27. The van der Waals surface area contributed by atoms with Crippen molar-refractivity contribution in [3.63, 3.8) is 0 Å². The Kier molecular flexibility index (Phi) is 2.55. The molecule has 82 valence electrons. The number of aromatic hydroxyl groups is 1. The first-order valence-corrected chi connectivity index (χ1v) is 4.86. The van der Waals surface area contributed by atoms with Crippen LogP contribution in [0.4, 0.5) is 22.7 Å². The van der Waals surface area contributed by atoms with Gasteiger partial charge in [0.2, 0.25) is 0 Å². The predicted molar refractivity (Wildman–Crippen MR) is 66.7 cm³/mol. The van der Waals surface area contributed by atoms with Gasteiger partial charge in [-0.1, -0.05) is 6.07 Å². The summed E-state index contributed by atoms with van der Waals surface area (Å²) < 4.78 is 0. The summed E-state index contributed by atoms with van der Waals surface area (Å²) in [5, 5.41) is 12.4. The third-order valence-electron chi connectivity index (χ3n) is 2.20. The van der Waals surface area contributed by atoms with E-state index in [4.69, 9.17) is 11.5 Å². The van der Waals surface area contributed by atoms with E-state index in [-0.39, 0.29) is 5.75 Å². The molecule has 4 heteroatoms. The summed E-state index contributed by atoms with van der Waals surface area (Å²) >= 11 is 0. The molecule has 0 amide bonds. The summed E-state index contributed by atoms with van der Waals surface area (Å²) in [6, 6.07) is 12.1. The van der Waals surface area contributed by atoms with Crippen LogP contribution in [0.2, 0.25) is 0 Å². The van der Waals surface area contributed by atoms with Crippen LogP contribution in [-0.2, 0) is 0 Å². The van der Waals surface area contributed by atoms with Crippen LogP contribution in [0.25, 0.3) is 0 Å². The SMILES string of the molecule is Nc1ccc(Nc2cccc(O)c2)c(N)c1. The van der Waals surface area contributed by atoms with Gasteiger partial charge in [-0.3, -0.25) is 0 Å². The second-order valence-electron chi connectivity index (χ2n) is 3.52. The Hall–Kier alpha value is -2.36. The van der Waals surface area contributed by atoms with Crippen LogP contribution >= 0.6 is 0 Å². The molecule has 0 radical (unpaired) electrons. The lowest BCUT2D eigenvalue weighted by Crippen LogP contribution is -1.97. The molecular formula is C12H13N3O. The molecule has 0 heterocycles. The molecule has 0 saturated heterocycles. The number of anilines is 4. The molecule has 2 aromatic carbocycles. The van der Waals surface area contributed by atoms with Gasteiger partial charge in [0, 0.05) is 17.4 Å². The normalized spacial score (nSPS) is 10.0. The van der Waals surface area contributed by atoms with E-state index < -0.39 is 0 Å². The third-order valence-corrected chi connectivity index (χ3v) is 2.20. The molecule has 0 aliphatic heterocycles. The van der Waals surface area contributed by atoms with Gasteiger partial charge in [0.05, 0.1) is 11.4 Å². The van der Waals surface area contributed by atoms with Gasteiger partial charge in [-0.15, -0.1) is 0 Å². The van der Waals surface area contributed by atoms with Gasteiger partial charge in [0.15, 0.2) is 0 Å². The van der Waals surface area contributed by atoms with E-state index in [1.54, 1.807) is 36.4 Å². The van der Waals surface area contributed by atoms with E-state index >= 15 is 0 Å². The highest BCUT2D eigenvalue weighted by molar-refractivity contribution is 5.75. The molecule has 16 heavy (non-hydrogen) atoms. The fourth-order valence-electron chi connectivity index (χ4n) is 1.43. The highest BCUT2D eigenvalue weighted by atomic mass is 16.3. The highest BCUT2D eigenvalue weighted by Crippen LogP contribution is 2.26. The standard InChI is InChI=1S/C12H13N3O/c13-8-4-5-12(11(14)6-8)15-9-2-1-3-10(16)7-9/h1-7,15-16H,13-14H2. The van der Waals surface area contributed by atoms with E-state index in [1.807, 2.05) is 6.07 Å². The lowest BCUT2D eigenvalue weighted by molar-refractivity contribution is 0.475. The number of hydrogen-bond acceptors (Lipinski definition) is 4. The van der Waals surface area contributed by atoms with Gasteiger partial charge >= 0.3 is 0 Å². The maximum Gasteiger partial charge on any atom is 0.117 e. The Morgan fingerprint density at radius 1 is 1.00 bits per heavy atom. The Morgan fingerprint density at radius 3 is 2.50 bits per heavy atom. The molecule has 0 saturated carbocycles. The van der Waals surface area contributed by atoms with Crippen molar-refractivity contribution in [3.8, 4) is 5.75 Å². The van der Waals surface area contributed by atoms with Crippen molar-refractivity contribution in [2.75, 3.05) is 16.8 Å². The van der Waals surface area contributed by atoms with Crippen LogP contribution in [0.1, 0.15) is 0 Å². The molecule has 0 unspecified atom stereocenters. The zero-order valence-corrected chi connectivity index (χ0v) is 8.64. The summed E-state index contributed by atoms with van der Waals surface area (Å²) in [6.07, 6.45) is 0. The number of nitrogens with one attached hydrogen (secondary N) is 1. The van der Waals surface area contributed by atoms with E-state index in [0.717, 1.165) is 11.4 Å².